The minimum Gasteiger partial charge on any atom is -1.00 e. The van der Waals surface area contributed by atoms with Crippen molar-refractivity contribution in [2.24, 2.45) is 0 Å². The maximum absolute atomic E-state index is 4.22. The van der Waals surface area contributed by atoms with Crippen LogP contribution in [0, 0.1) is 0 Å². The fraction of sp³-hybridized carbons (Fsp3) is 0.733. The van der Waals surface area contributed by atoms with Crippen LogP contribution in [0.4, 0.5) is 0 Å². The summed E-state index contributed by atoms with van der Waals surface area (Å²) >= 11 is -1.81. The summed E-state index contributed by atoms with van der Waals surface area (Å²) in [5.74, 6) is -0.551. The van der Waals surface area contributed by atoms with E-state index < -0.39 is 35.0 Å². The molecule has 21 heavy (non-hydrogen) atoms. The van der Waals surface area contributed by atoms with Crippen LogP contribution >= 0.6 is 0 Å². The third-order valence-electron chi connectivity index (χ3n) is 4.82. The molecule has 2 rings (SSSR count). The van der Waals surface area contributed by atoms with Gasteiger partial charge in [-0.05, 0) is 0 Å². The topological polar surface area (TPSA) is 12.0 Å². The maximum atomic E-state index is 4.22. The van der Waals surface area contributed by atoms with Crippen LogP contribution in [0.5, 0.6) is 0 Å². The second kappa shape index (κ2) is 7.93. The molecule has 1 aliphatic carbocycles. The molecule has 1 saturated heterocycles. The Bertz CT molecular complexity index is 389. The van der Waals surface area contributed by atoms with Crippen molar-refractivity contribution in [1.29, 1.82) is 0 Å². The summed E-state index contributed by atoms with van der Waals surface area (Å²) in [5, 5.41) is 0. The summed E-state index contributed by atoms with van der Waals surface area (Å²) in [6, 6.07) is 3.14. The Morgan fingerprint density at radius 2 is 1.57 bits per heavy atom. The molecule has 0 spiro atoms. The van der Waals surface area contributed by atoms with E-state index in [0.717, 1.165) is 0 Å². The average molecular weight is 530 g/mol. The molecular formula is C15H30Cl2HfNSi2. The van der Waals surface area contributed by atoms with Crippen molar-refractivity contribution in [2.75, 3.05) is 0 Å². The van der Waals surface area contributed by atoms with Gasteiger partial charge in [0.25, 0.3) is 0 Å². The fourth-order valence-electron chi connectivity index (χ4n) is 3.63. The van der Waals surface area contributed by atoms with Gasteiger partial charge in [-0.25, -0.2) is 0 Å². The summed E-state index contributed by atoms with van der Waals surface area (Å²) in [6.45, 7) is 15.0. The average Bonchev–Trinajstić information content (AvgIpc) is 2.71. The molecule has 1 heterocycles. The number of nitrogens with one attached hydrogen (secondary N) is 1. The summed E-state index contributed by atoms with van der Waals surface area (Å²) in [4.78, 5) is 0. The predicted molar refractivity (Wildman–Crippen MR) is 88.6 cm³/mol. The summed E-state index contributed by atoms with van der Waals surface area (Å²) < 4.78 is 4.83. The van der Waals surface area contributed by atoms with Gasteiger partial charge in [0.2, 0.25) is 0 Å². The predicted octanol–water partition coefficient (Wildman–Crippen LogP) is -1.79. The molecule has 0 saturated carbocycles. The summed E-state index contributed by atoms with van der Waals surface area (Å²) in [6.07, 6.45) is 11.5. The van der Waals surface area contributed by atoms with Crippen LogP contribution in [-0.2, 0) is 20.9 Å². The molecular weight excluding hydrogens is 500 g/mol. The van der Waals surface area contributed by atoms with Crippen molar-refractivity contribution in [3.05, 3.63) is 24.3 Å². The van der Waals surface area contributed by atoms with Gasteiger partial charge in [0.05, 0.1) is 0 Å². The number of hydrogen-bond acceptors (Lipinski definition) is 1. The third-order valence-corrected chi connectivity index (χ3v) is 47.9. The molecule has 0 unspecified atom stereocenters. The van der Waals surface area contributed by atoms with Crippen LogP contribution in [0.15, 0.2) is 24.3 Å². The number of hydrogen-bond donors (Lipinski definition) is 1. The smallest absolute Gasteiger partial charge is 1.00 e. The minimum atomic E-state index is -1.81. The molecule has 1 aliphatic heterocycles. The molecule has 1 N–H and O–H groups in total. The zero-order valence-electron chi connectivity index (χ0n) is 14.3. The largest absolute Gasteiger partial charge is 1.00 e. The van der Waals surface area contributed by atoms with E-state index in [2.05, 4.69) is 68.0 Å². The first-order valence-corrected chi connectivity index (χ1v) is 23.3. The van der Waals surface area contributed by atoms with Crippen molar-refractivity contribution in [1.82, 2.24) is 3.30 Å². The molecule has 121 valence electrons. The Hall–Kier alpha value is 1.32. The maximum Gasteiger partial charge on any atom is -1.00 e. The van der Waals surface area contributed by atoms with Crippen LogP contribution in [0.1, 0.15) is 27.2 Å². The molecule has 0 aromatic heterocycles. The van der Waals surface area contributed by atoms with Gasteiger partial charge in [0.1, 0.15) is 0 Å². The number of rotatable bonds is 4. The van der Waals surface area contributed by atoms with E-state index in [-0.39, 0.29) is 24.8 Å². The van der Waals surface area contributed by atoms with E-state index in [0.29, 0.717) is 8.33 Å². The Morgan fingerprint density at radius 1 is 1.10 bits per heavy atom. The van der Waals surface area contributed by atoms with E-state index in [1.165, 1.54) is 6.42 Å². The second-order valence-corrected chi connectivity index (χ2v) is 41.0. The standard InChI is InChI=1S/C9H13Si.C4H10N.C2H7Si.2ClH.Hf/c1-10(7-4-8-10)9-5-2-3-6-9;1-4(2,3)5;1-3-2;;;/h2-3,5-6H,4,7-8H2,1H3;5H,1-3H3;3H,1-2H3;2*1H;/q;-1;;;;+3/p-2. The summed E-state index contributed by atoms with van der Waals surface area (Å²) in [7, 11) is -1.05. The molecule has 6 heteroatoms. The van der Waals surface area contributed by atoms with Gasteiger partial charge < -0.3 is 24.8 Å². The Labute approximate surface area is 153 Å². The SMILES string of the molecule is C[SiH](C)[Hf+2]([NH]C(C)(C)C)[C]1([Si]2(C)CCC2)C=CC=C1.[Cl-].[Cl-]. The molecule has 0 aromatic rings. The van der Waals surface area contributed by atoms with Crippen molar-refractivity contribution in [2.45, 2.75) is 67.3 Å². The van der Waals surface area contributed by atoms with Crippen molar-refractivity contribution in [3.63, 3.8) is 0 Å². The van der Waals surface area contributed by atoms with E-state index >= 15 is 0 Å². The van der Waals surface area contributed by atoms with Crippen molar-refractivity contribution in [3.8, 4) is 0 Å². The Kier molecular flexibility index (Phi) is 8.43. The minimum absolute atomic E-state index is 0. The molecule has 0 bridgehead atoms. The van der Waals surface area contributed by atoms with Crippen molar-refractivity contribution >= 4 is 14.1 Å². The zero-order valence-corrected chi connectivity index (χ0v) is 21.5. The zero-order chi connectivity index (χ0) is 14.3. The van der Waals surface area contributed by atoms with Gasteiger partial charge in [0.15, 0.2) is 0 Å². The Balaban J connectivity index is 0.00000200. The van der Waals surface area contributed by atoms with Gasteiger partial charge in [-0.15, -0.1) is 0 Å². The Morgan fingerprint density at radius 3 is 1.86 bits per heavy atom. The van der Waals surface area contributed by atoms with Gasteiger partial charge in [-0.1, -0.05) is 0 Å². The van der Waals surface area contributed by atoms with Crippen LogP contribution < -0.4 is 28.1 Å². The normalized spacial score (nSPS) is 21.5. The van der Waals surface area contributed by atoms with Gasteiger partial charge >= 0.3 is 130 Å². The molecule has 0 amide bonds. The fourth-order valence-corrected chi connectivity index (χ4v) is 58.8. The van der Waals surface area contributed by atoms with E-state index in [4.69, 9.17) is 0 Å². The van der Waals surface area contributed by atoms with E-state index in [1.807, 2.05) is 0 Å². The number of allylic oxidation sites excluding steroid dienone is 4. The first kappa shape index (κ1) is 22.3. The van der Waals surface area contributed by atoms with Gasteiger partial charge in [-0.3, -0.25) is 0 Å². The third kappa shape index (κ3) is 4.45. The van der Waals surface area contributed by atoms with E-state index in [1.54, 1.807) is 12.1 Å². The monoisotopic (exact) mass is 530 g/mol. The molecule has 0 aromatic carbocycles. The first-order valence-electron chi connectivity index (χ1n) is 7.73. The summed E-state index contributed by atoms with van der Waals surface area (Å²) in [5.41, 5.74) is 0.311. The molecule has 0 atom stereocenters. The van der Waals surface area contributed by atoms with Crippen LogP contribution in [0.25, 0.3) is 0 Å². The van der Waals surface area contributed by atoms with Gasteiger partial charge in [-0.2, -0.15) is 0 Å². The quantitative estimate of drug-likeness (QED) is 0.424. The van der Waals surface area contributed by atoms with Crippen LogP contribution in [-0.4, -0.2) is 19.6 Å². The molecule has 1 nitrogen and oxygen atoms in total. The molecule has 1 fully saturated rings. The van der Waals surface area contributed by atoms with Crippen LogP contribution in [0.2, 0.25) is 34.5 Å². The van der Waals surface area contributed by atoms with Gasteiger partial charge in [0, 0.05) is 0 Å². The van der Waals surface area contributed by atoms with Crippen LogP contribution in [0.3, 0.4) is 0 Å². The second-order valence-electron chi connectivity index (χ2n) is 7.94. The van der Waals surface area contributed by atoms with E-state index in [9.17, 15) is 0 Å². The molecule has 0 radical (unpaired) electrons. The first-order chi connectivity index (χ1) is 8.70. The van der Waals surface area contributed by atoms with Crippen molar-refractivity contribution < 1.29 is 45.7 Å². The molecule has 2 aliphatic rings. The number of halogens is 2.